The van der Waals surface area contributed by atoms with Gasteiger partial charge in [0.05, 0.1) is 17.1 Å². The van der Waals surface area contributed by atoms with Crippen LogP contribution in [0.4, 0.5) is 29.5 Å². The maximum atomic E-state index is 12.9. The molecule has 10 heteroatoms. The Balaban J connectivity index is 1.59. The zero-order chi connectivity index (χ0) is 19.4. The molecule has 0 spiro atoms. The van der Waals surface area contributed by atoms with E-state index >= 15 is 0 Å². The van der Waals surface area contributed by atoms with Crippen LogP contribution in [-0.2, 0) is 12.7 Å². The fourth-order valence-electron chi connectivity index (χ4n) is 2.75. The first kappa shape index (κ1) is 19.2. The molecule has 1 aromatic carbocycles. The number of amides is 2. The van der Waals surface area contributed by atoms with E-state index in [4.69, 9.17) is 11.6 Å². The van der Waals surface area contributed by atoms with Gasteiger partial charge in [-0.05, 0) is 37.1 Å². The van der Waals surface area contributed by atoms with Gasteiger partial charge in [-0.15, -0.1) is 0 Å². The summed E-state index contributed by atoms with van der Waals surface area (Å²) in [6.45, 7) is 1.91. The summed E-state index contributed by atoms with van der Waals surface area (Å²) in [5.41, 5.74) is -1.03. The van der Waals surface area contributed by atoms with Crippen molar-refractivity contribution in [2.75, 3.05) is 23.3 Å². The second kappa shape index (κ2) is 7.99. The lowest BCUT2D eigenvalue weighted by molar-refractivity contribution is -0.137. The second-order valence-electron chi connectivity index (χ2n) is 6.03. The third-order valence-corrected chi connectivity index (χ3v) is 4.39. The van der Waals surface area contributed by atoms with Gasteiger partial charge in [-0.25, -0.2) is 14.8 Å². The van der Waals surface area contributed by atoms with Gasteiger partial charge in [0.2, 0.25) is 0 Å². The number of anilines is 2. The Morgan fingerprint density at radius 2 is 1.96 bits per heavy atom. The van der Waals surface area contributed by atoms with Gasteiger partial charge in [-0.3, -0.25) is 0 Å². The number of carbonyl (C=O) groups excluding carboxylic acids is 1. The molecular formula is C17H17ClF3N5O. The minimum atomic E-state index is -4.60. The number of nitrogens with zero attached hydrogens (tertiary/aromatic N) is 3. The highest BCUT2D eigenvalue weighted by Crippen LogP contribution is 2.36. The van der Waals surface area contributed by atoms with Crippen LogP contribution in [0.25, 0.3) is 0 Å². The number of carbonyl (C=O) groups is 1. The predicted molar refractivity (Wildman–Crippen MR) is 95.8 cm³/mol. The molecule has 1 aliphatic heterocycles. The molecule has 2 heterocycles. The molecule has 2 aromatic rings. The number of alkyl halides is 3. The van der Waals surface area contributed by atoms with E-state index in [2.05, 4.69) is 25.5 Å². The van der Waals surface area contributed by atoms with Crippen LogP contribution in [0.3, 0.4) is 0 Å². The van der Waals surface area contributed by atoms with E-state index in [0.717, 1.165) is 43.9 Å². The number of hydrogen-bond donors (Lipinski definition) is 2. The summed E-state index contributed by atoms with van der Waals surface area (Å²) in [4.78, 5) is 22.6. The molecule has 0 radical (unpaired) electrons. The van der Waals surface area contributed by atoms with Gasteiger partial charge in [0.1, 0.15) is 11.6 Å². The predicted octanol–water partition coefficient (Wildman–Crippen LogP) is 4.07. The molecule has 1 aliphatic rings. The molecule has 0 saturated carbocycles. The Labute approximate surface area is 158 Å². The van der Waals surface area contributed by atoms with Crippen LogP contribution in [0.2, 0.25) is 5.02 Å². The average Bonchev–Trinajstić information content (AvgIpc) is 3.16. The lowest BCUT2D eigenvalue weighted by atomic mass is 10.2. The highest BCUT2D eigenvalue weighted by Gasteiger charge is 2.33. The first-order valence-electron chi connectivity index (χ1n) is 8.31. The highest BCUT2D eigenvalue weighted by atomic mass is 35.5. The van der Waals surface area contributed by atoms with E-state index in [0.29, 0.717) is 5.82 Å². The van der Waals surface area contributed by atoms with Gasteiger partial charge in [-0.2, -0.15) is 13.2 Å². The van der Waals surface area contributed by atoms with Crippen LogP contribution >= 0.6 is 11.6 Å². The van der Waals surface area contributed by atoms with Crippen LogP contribution in [-0.4, -0.2) is 29.1 Å². The van der Waals surface area contributed by atoms with Crippen molar-refractivity contribution < 1.29 is 18.0 Å². The first-order chi connectivity index (χ1) is 12.8. The molecule has 1 fully saturated rings. The van der Waals surface area contributed by atoms with Crippen molar-refractivity contribution in [1.29, 1.82) is 0 Å². The van der Waals surface area contributed by atoms with Crippen molar-refractivity contribution in [1.82, 2.24) is 15.3 Å². The van der Waals surface area contributed by atoms with Crippen molar-refractivity contribution in [3.8, 4) is 0 Å². The zero-order valence-corrected chi connectivity index (χ0v) is 14.9. The van der Waals surface area contributed by atoms with Gasteiger partial charge in [0, 0.05) is 25.0 Å². The molecule has 144 valence electrons. The number of hydrogen-bond acceptors (Lipinski definition) is 4. The van der Waals surface area contributed by atoms with Gasteiger partial charge in [0.15, 0.2) is 0 Å². The van der Waals surface area contributed by atoms with Crippen molar-refractivity contribution in [2.24, 2.45) is 0 Å². The summed E-state index contributed by atoms with van der Waals surface area (Å²) in [6, 6.07) is 4.30. The molecule has 0 aliphatic carbocycles. The number of rotatable bonds is 4. The second-order valence-corrected chi connectivity index (χ2v) is 6.43. The van der Waals surface area contributed by atoms with Gasteiger partial charge in [0.25, 0.3) is 0 Å². The average molecular weight is 400 g/mol. The summed E-state index contributed by atoms with van der Waals surface area (Å²) >= 11 is 5.56. The number of aromatic nitrogens is 2. The van der Waals surface area contributed by atoms with Gasteiger partial charge in [-0.1, -0.05) is 11.6 Å². The van der Waals surface area contributed by atoms with Crippen LogP contribution in [0.15, 0.2) is 30.5 Å². The van der Waals surface area contributed by atoms with Crippen molar-refractivity contribution in [3.05, 3.63) is 46.9 Å². The van der Waals surface area contributed by atoms with E-state index in [1.807, 2.05) is 0 Å². The Hall–Kier alpha value is -2.55. The molecular weight excluding hydrogens is 383 g/mol. The summed E-state index contributed by atoms with van der Waals surface area (Å²) in [7, 11) is 0. The SMILES string of the molecule is O=C(NCc1nccc(N2CCCC2)n1)Nc1ccc(Cl)c(C(F)(F)F)c1. The zero-order valence-electron chi connectivity index (χ0n) is 14.2. The number of nitrogens with one attached hydrogen (secondary N) is 2. The van der Waals surface area contributed by atoms with Crippen LogP contribution in [0.5, 0.6) is 0 Å². The monoisotopic (exact) mass is 399 g/mol. The molecule has 0 atom stereocenters. The number of halogens is 4. The van der Waals surface area contributed by atoms with E-state index in [-0.39, 0.29) is 12.2 Å². The summed E-state index contributed by atoms with van der Waals surface area (Å²) in [6.07, 6.45) is -0.762. The Morgan fingerprint density at radius 3 is 2.67 bits per heavy atom. The number of benzene rings is 1. The standard InChI is InChI=1S/C17H17ClF3N5O/c18-13-4-3-11(9-12(13)17(19,20)21)24-16(27)23-10-14-22-6-5-15(25-14)26-7-1-2-8-26/h3-6,9H,1-2,7-8,10H2,(H2,23,24,27). The van der Waals surface area contributed by atoms with Gasteiger partial charge < -0.3 is 15.5 Å². The first-order valence-corrected chi connectivity index (χ1v) is 8.69. The van der Waals surface area contributed by atoms with Crippen LogP contribution in [0.1, 0.15) is 24.2 Å². The molecule has 2 amide bonds. The van der Waals surface area contributed by atoms with E-state index in [1.165, 1.54) is 6.07 Å². The molecule has 27 heavy (non-hydrogen) atoms. The van der Waals surface area contributed by atoms with Crippen molar-refractivity contribution in [3.63, 3.8) is 0 Å². The smallest absolute Gasteiger partial charge is 0.357 e. The van der Waals surface area contributed by atoms with E-state index < -0.39 is 22.8 Å². The summed E-state index contributed by atoms with van der Waals surface area (Å²) < 4.78 is 38.6. The molecule has 0 bridgehead atoms. The van der Waals surface area contributed by atoms with Crippen LogP contribution < -0.4 is 15.5 Å². The minimum absolute atomic E-state index is 0.0176. The lowest BCUT2D eigenvalue weighted by Gasteiger charge is -2.16. The summed E-state index contributed by atoms with van der Waals surface area (Å²) in [5, 5.41) is 4.45. The minimum Gasteiger partial charge on any atom is -0.357 e. The largest absolute Gasteiger partial charge is 0.417 e. The lowest BCUT2D eigenvalue weighted by Crippen LogP contribution is -2.29. The molecule has 3 rings (SSSR count). The summed E-state index contributed by atoms with van der Waals surface area (Å²) in [5.74, 6) is 1.22. The van der Waals surface area contributed by atoms with E-state index in [1.54, 1.807) is 12.3 Å². The fraction of sp³-hybridized carbons (Fsp3) is 0.353. The maximum absolute atomic E-state index is 12.9. The number of urea groups is 1. The molecule has 1 saturated heterocycles. The Bertz CT molecular complexity index is 824. The fourth-order valence-corrected chi connectivity index (χ4v) is 2.98. The quantitative estimate of drug-likeness (QED) is 0.813. The molecule has 0 unspecified atom stereocenters. The molecule has 1 aromatic heterocycles. The Morgan fingerprint density at radius 1 is 1.22 bits per heavy atom. The third kappa shape index (κ3) is 5.00. The molecule has 6 nitrogen and oxygen atoms in total. The molecule has 2 N–H and O–H groups in total. The van der Waals surface area contributed by atoms with Crippen molar-refractivity contribution in [2.45, 2.75) is 25.6 Å². The van der Waals surface area contributed by atoms with Crippen LogP contribution in [0, 0.1) is 0 Å². The van der Waals surface area contributed by atoms with E-state index in [9.17, 15) is 18.0 Å². The topological polar surface area (TPSA) is 70.2 Å². The van der Waals surface area contributed by atoms with Gasteiger partial charge >= 0.3 is 12.2 Å². The normalized spacial score (nSPS) is 14.3. The maximum Gasteiger partial charge on any atom is 0.417 e. The third-order valence-electron chi connectivity index (χ3n) is 4.06. The van der Waals surface area contributed by atoms with Crippen molar-refractivity contribution >= 4 is 29.1 Å². The Kier molecular flexibility index (Phi) is 5.69. The highest BCUT2D eigenvalue weighted by molar-refractivity contribution is 6.31.